The highest BCUT2D eigenvalue weighted by Gasteiger charge is 2.35. The van der Waals surface area contributed by atoms with Crippen molar-refractivity contribution in [1.82, 2.24) is 10.2 Å². The van der Waals surface area contributed by atoms with Crippen LogP contribution in [0.4, 0.5) is 5.69 Å². The first-order chi connectivity index (χ1) is 14.0. The van der Waals surface area contributed by atoms with Gasteiger partial charge in [-0.2, -0.15) is 0 Å². The van der Waals surface area contributed by atoms with Gasteiger partial charge < -0.3 is 10.2 Å². The van der Waals surface area contributed by atoms with Gasteiger partial charge in [0, 0.05) is 30.5 Å². The second-order valence-corrected chi connectivity index (χ2v) is 8.16. The molecular formula is C23H28BrN3O2. The average molecular weight is 458 g/mol. The Morgan fingerprint density at radius 2 is 1.76 bits per heavy atom. The van der Waals surface area contributed by atoms with E-state index < -0.39 is 0 Å². The van der Waals surface area contributed by atoms with Crippen molar-refractivity contribution in [3.8, 4) is 0 Å². The number of hydrogen-bond donors (Lipinski definition) is 1. The lowest BCUT2D eigenvalue weighted by Crippen LogP contribution is -2.33. The van der Waals surface area contributed by atoms with Gasteiger partial charge in [-0.25, -0.2) is 0 Å². The van der Waals surface area contributed by atoms with Gasteiger partial charge in [0.05, 0.1) is 11.6 Å². The minimum absolute atomic E-state index is 0.0148. The third-order valence-corrected chi connectivity index (χ3v) is 6.17. The van der Waals surface area contributed by atoms with Crippen LogP contribution < -0.4 is 10.2 Å². The number of benzene rings is 2. The maximum atomic E-state index is 12.8. The summed E-state index contributed by atoms with van der Waals surface area (Å²) >= 11 is 3.49. The molecule has 2 aromatic rings. The number of carbonyl (C=O) groups is 2. The van der Waals surface area contributed by atoms with Gasteiger partial charge in [0.25, 0.3) is 0 Å². The zero-order chi connectivity index (χ0) is 20.8. The molecule has 1 unspecified atom stereocenters. The molecule has 29 heavy (non-hydrogen) atoms. The predicted molar refractivity (Wildman–Crippen MR) is 120 cm³/mol. The van der Waals surface area contributed by atoms with E-state index in [1.165, 1.54) is 5.56 Å². The third kappa shape index (κ3) is 5.25. The van der Waals surface area contributed by atoms with E-state index >= 15 is 0 Å². The first-order valence-electron chi connectivity index (χ1n) is 10.1. The van der Waals surface area contributed by atoms with Crippen LogP contribution in [0.3, 0.4) is 0 Å². The van der Waals surface area contributed by atoms with Gasteiger partial charge in [-0.3, -0.25) is 14.5 Å². The summed E-state index contributed by atoms with van der Waals surface area (Å²) in [7, 11) is 0. The van der Waals surface area contributed by atoms with E-state index in [4.69, 9.17) is 0 Å². The molecule has 0 aliphatic carbocycles. The Morgan fingerprint density at radius 1 is 1.10 bits per heavy atom. The quantitative estimate of drug-likeness (QED) is 0.652. The summed E-state index contributed by atoms with van der Waals surface area (Å²) in [5, 5.41) is 3.05. The van der Waals surface area contributed by atoms with E-state index in [0.717, 1.165) is 35.4 Å². The molecule has 1 fully saturated rings. The Morgan fingerprint density at radius 3 is 2.45 bits per heavy atom. The van der Waals surface area contributed by atoms with Crippen LogP contribution in [-0.4, -0.2) is 36.3 Å². The lowest BCUT2D eigenvalue weighted by Gasteiger charge is -2.21. The fourth-order valence-corrected chi connectivity index (χ4v) is 4.18. The summed E-state index contributed by atoms with van der Waals surface area (Å²) in [6.45, 7) is 8.06. The molecule has 2 amide bonds. The summed E-state index contributed by atoms with van der Waals surface area (Å²) in [6, 6.07) is 15.8. The third-order valence-electron chi connectivity index (χ3n) is 5.50. The maximum Gasteiger partial charge on any atom is 0.227 e. The van der Waals surface area contributed by atoms with Gasteiger partial charge in [0.15, 0.2) is 0 Å². The summed E-state index contributed by atoms with van der Waals surface area (Å²) in [5.74, 6) is -0.408. The van der Waals surface area contributed by atoms with Crippen LogP contribution in [0.1, 0.15) is 31.4 Å². The molecule has 0 aromatic heterocycles. The number of anilines is 1. The van der Waals surface area contributed by atoms with Crippen LogP contribution in [0.2, 0.25) is 0 Å². The molecule has 2 aromatic carbocycles. The van der Waals surface area contributed by atoms with Crippen molar-refractivity contribution in [2.45, 2.75) is 33.4 Å². The maximum absolute atomic E-state index is 12.8. The summed E-state index contributed by atoms with van der Waals surface area (Å²) in [4.78, 5) is 29.3. The zero-order valence-corrected chi connectivity index (χ0v) is 18.6. The summed E-state index contributed by atoms with van der Waals surface area (Å²) in [5.41, 5.74) is 3.17. The van der Waals surface area contributed by atoms with E-state index in [1.54, 1.807) is 4.90 Å². The Kier molecular flexibility index (Phi) is 7.45. The standard InChI is InChI=1S/C23H28BrN3O2/c1-3-26(4-2)15-18-10-6-5-9-17(18)14-25-23(29)19-13-22(28)27(16-19)21-12-8-7-11-20(21)24/h5-12,19H,3-4,13-16H2,1-2H3,(H,25,29). The van der Waals surface area contributed by atoms with Crippen molar-refractivity contribution in [2.24, 2.45) is 5.92 Å². The highest BCUT2D eigenvalue weighted by atomic mass is 79.9. The first kappa shape index (κ1) is 21.5. The van der Waals surface area contributed by atoms with Crippen molar-refractivity contribution in [2.75, 3.05) is 24.5 Å². The van der Waals surface area contributed by atoms with Gasteiger partial charge >= 0.3 is 0 Å². The average Bonchev–Trinajstić information content (AvgIpc) is 3.12. The number of nitrogens with one attached hydrogen (secondary N) is 1. The van der Waals surface area contributed by atoms with Crippen LogP contribution in [0, 0.1) is 5.92 Å². The van der Waals surface area contributed by atoms with Gasteiger partial charge in [0.2, 0.25) is 11.8 Å². The van der Waals surface area contributed by atoms with E-state index in [-0.39, 0.29) is 24.2 Å². The molecule has 0 saturated carbocycles. The van der Waals surface area contributed by atoms with Crippen molar-refractivity contribution in [1.29, 1.82) is 0 Å². The van der Waals surface area contributed by atoms with Gasteiger partial charge in [-0.1, -0.05) is 50.2 Å². The lowest BCUT2D eigenvalue weighted by molar-refractivity contribution is -0.126. The highest BCUT2D eigenvalue weighted by molar-refractivity contribution is 9.10. The smallest absolute Gasteiger partial charge is 0.227 e. The highest BCUT2D eigenvalue weighted by Crippen LogP contribution is 2.31. The molecule has 3 rings (SSSR count). The molecule has 1 N–H and O–H groups in total. The van der Waals surface area contributed by atoms with Crippen molar-refractivity contribution >= 4 is 33.4 Å². The molecule has 1 saturated heterocycles. The van der Waals surface area contributed by atoms with Crippen LogP contribution >= 0.6 is 15.9 Å². The molecule has 5 nitrogen and oxygen atoms in total. The molecule has 1 atom stereocenters. The summed E-state index contributed by atoms with van der Waals surface area (Å²) < 4.78 is 0.861. The van der Waals surface area contributed by atoms with Gasteiger partial charge in [-0.05, 0) is 52.3 Å². The minimum Gasteiger partial charge on any atom is -0.352 e. The molecule has 1 aliphatic rings. The Bertz CT molecular complexity index is 867. The SMILES string of the molecule is CCN(CC)Cc1ccccc1CNC(=O)C1CC(=O)N(c2ccccc2Br)C1. The number of rotatable bonds is 8. The summed E-state index contributed by atoms with van der Waals surface area (Å²) in [6.07, 6.45) is 0.244. The number of halogens is 1. The molecule has 1 heterocycles. The molecule has 6 heteroatoms. The molecule has 0 spiro atoms. The fraction of sp³-hybridized carbons (Fsp3) is 0.391. The zero-order valence-electron chi connectivity index (χ0n) is 17.0. The molecule has 154 valence electrons. The Balaban J connectivity index is 1.62. The van der Waals surface area contributed by atoms with Crippen molar-refractivity contribution < 1.29 is 9.59 Å². The first-order valence-corrected chi connectivity index (χ1v) is 10.9. The second-order valence-electron chi connectivity index (χ2n) is 7.30. The molecule has 1 aliphatic heterocycles. The number of para-hydroxylation sites is 1. The van der Waals surface area contributed by atoms with Gasteiger partial charge in [0.1, 0.15) is 0 Å². The van der Waals surface area contributed by atoms with E-state index in [1.807, 2.05) is 36.4 Å². The topological polar surface area (TPSA) is 52.7 Å². The fourth-order valence-electron chi connectivity index (χ4n) is 3.69. The molecular weight excluding hydrogens is 430 g/mol. The van der Waals surface area contributed by atoms with E-state index in [2.05, 4.69) is 52.1 Å². The lowest BCUT2D eigenvalue weighted by atomic mass is 10.1. The van der Waals surface area contributed by atoms with Crippen molar-refractivity contribution in [3.63, 3.8) is 0 Å². The number of hydrogen-bond acceptors (Lipinski definition) is 3. The van der Waals surface area contributed by atoms with E-state index in [0.29, 0.717) is 13.1 Å². The van der Waals surface area contributed by atoms with E-state index in [9.17, 15) is 9.59 Å². The predicted octanol–water partition coefficient (Wildman–Crippen LogP) is 3.96. The van der Waals surface area contributed by atoms with Crippen LogP contribution in [0.25, 0.3) is 0 Å². The second kappa shape index (κ2) is 10.0. The Labute approximate surface area is 181 Å². The van der Waals surface area contributed by atoms with Gasteiger partial charge in [-0.15, -0.1) is 0 Å². The largest absolute Gasteiger partial charge is 0.352 e. The number of carbonyl (C=O) groups excluding carboxylic acids is 2. The van der Waals surface area contributed by atoms with Crippen LogP contribution in [-0.2, 0) is 22.7 Å². The Hall–Kier alpha value is -2.18. The minimum atomic E-state index is -0.329. The van der Waals surface area contributed by atoms with Crippen molar-refractivity contribution in [3.05, 3.63) is 64.1 Å². The molecule has 0 radical (unpaired) electrons. The monoisotopic (exact) mass is 457 g/mol. The normalized spacial score (nSPS) is 16.5. The van der Waals surface area contributed by atoms with Crippen LogP contribution in [0.15, 0.2) is 53.0 Å². The number of amides is 2. The van der Waals surface area contributed by atoms with Crippen LogP contribution in [0.5, 0.6) is 0 Å². The molecule has 0 bridgehead atoms. The number of nitrogens with zero attached hydrogens (tertiary/aromatic N) is 2.